The molecule has 7 heteroatoms. The van der Waals surface area contributed by atoms with E-state index in [9.17, 15) is 10.1 Å². The number of imidazole rings is 1. The van der Waals surface area contributed by atoms with Gasteiger partial charge in [0.25, 0.3) is 0 Å². The third-order valence-corrected chi connectivity index (χ3v) is 5.61. The van der Waals surface area contributed by atoms with E-state index in [1.807, 2.05) is 11.0 Å². The molecule has 0 N–H and O–H groups in total. The Morgan fingerprint density at radius 3 is 2.52 bits per heavy atom. The Kier molecular flexibility index (Phi) is 4.37. The first kappa shape index (κ1) is 17.6. The number of hydrogen-bond acceptors (Lipinski definition) is 5. The lowest BCUT2D eigenvalue weighted by molar-refractivity contribution is -0.389. The molecule has 4 aromatic rings. The zero-order valence-corrected chi connectivity index (χ0v) is 15.9. The highest BCUT2D eigenvalue weighted by atomic mass is 16.6. The van der Waals surface area contributed by atoms with Crippen LogP contribution in [-0.2, 0) is 6.54 Å². The lowest BCUT2D eigenvalue weighted by atomic mass is 10.0. The molecule has 1 aliphatic rings. The molecule has 0 bridgehead atoms. The average Bonchev–Trinajstić information content (AvgIpc) is 3.14. The van der Waals surface area contributed by atoms with Crippen LogP contribution in [0.5, 0.6) is 0 Å². The molecule has 146 valence electrons. The maximum Gasteiger partial charge on any atom is 0.372 e. The maximum atomic E-state index is 11.7. The van der Waals surface area contributed by atoms with Crippen molar-refractivity contribution in [3.63, 3.8) is 0 Å². The summed E-state index contributed by atoms with van der Waals surface area (Å²) in [5.41, 5.74) is 1.92. The molecule has 0 aliphatic carbocycles. The van der Waals surface area contributed by atoms with E-state index >= 15 is 0 Å². The van der Waals surface area contributed by atoms with Crippen molar-refractivity contribution in [3.05, 3.63) is 82.5 Å². The van der Waals surface area contributed by atoms with Crippen molar-refractivity contribution >= 4 is 28.1 Å². The molecule has 0 atom stereocenters. The van der Waals surface area contributed by atoms with Crippen molar-refractivity contribution in [2.75, 3.05) is 31.1 Å². The van der Waals surface area contributed by atoms with Crippen LogP contribution >= 0.6 is 0 Å². The van der Waals surface area contributed by atoms with Gasteiger partial charge in [-0.2, -0.15) is 9.38 Å². The zero-order chi connectivity index (χ0) is 19.8. The minimum atomic E-state index is -0.336. The molecular formula is C22H21N5O2. The smallest absolute Gasteiger partial charge is 0.358 e. The van der Waals surface area contributed by atoms with Gasteiger partial charge in [0.1, 0.15) is 0 Å². The monoisotopic (exact) mass is 387 g/mol. The van der Waals surface area contributed by atoms with Gasteiger partial charge in [0.05, 0.1) is 6.20 Å². The number of hydrogen-bond donors (Lipinski definition) is 0. The normalized spacial score (nSPS) is 15.2. The first-order valence-corrected chi connectivity index (χ1v) is 9.76. The molecule has 2 aromatic carbocycles. The van der Waals surface area contributed by atoms with Crippen LogP contribution in [0, 0.1) is 10.1 Å². The second-order valence-corrected chi connectivity index (χ2v) is 7.35. The maximum absolute atomic E-state index is 11.7. The predicted octanol–water partition coefficient (Wildman–Crippen LogP) is 3.72. The fourth-order valence-electron chi connectivity index (χ4n) is 4.14. The molecule has 0 amide bonds. The van der Waals surface area contributed by atoms with Crippen molar-refractivity contribution in [3.8, 4) is 0 Å². The zero-order valence-electron chi connectivity index (χ0n) is 15.9. The molecule has 0 spiro atoms. The Morgan fingerprint density at radius 2 is 1.69 bits per heavy atom. The first-order valence-electron chi connectivity index (χ1n) is 9.76. The van der Waals surface area contributed by atoms with Gasteiger partial charge in [-0.25, -0.2) is 0 Å². The van der Waals surface area contributed by atoms with Gasteiger partial charge in [-0.15, -0.1) is 0 Å². The predicted molar refractivity (Wildman–Crippen MR) is 113 cm³/mol. The third-order valence-electron chi connectivity index (χ3n) is 5.61. The molecule has 2 aromatic heterocycles. The Labute approximate surface area is 167 Å². The SMILES string of the molecule is O=[N+]([O-])c1c(N2CCN(Cc3cccc4ccccc34)CC2)nc2ccccn12. The minimum Gasteiger partial charge on any atom is -0.358 e. The van der Waals surface area contributed by atoms with Crippen LogP contribution in [0.3, 0.4) is 0 Å². The standard InChI is InChI=1S/C22H21N5O2/c28-27(29)22-21(23-20-10-3-4-11-26(20)22)25-14-12-24(13-15-25)16-18-8-5-7-17-6-1-2-9-19(17)18/h1-11H,12-16H2. The van der Waals surface area contributed by atoms with Gasteiger partial charge in [0.15, 0.2) is 0 Å². The van der Waals surface area contributed by atoms with Crippen LogP contribution in [-0.4, -0.2) is 45.4 Å². The van der Waals surface area contributed by atoms with Crippen molar-refractivity contribution < 1.29 is 4.92 Å². The fraction of sp³-hybridized carbons (Fsp3) is 0.227. The van der Waals surface area contributed by atoms with Crippen LogP contribution in [0.4, 0.5) is 11.6 Å². The first-order chi connectivity index (χ1) is 14.2. The van der Waals surface area contributed by atoms with Crippen LogP contribution < -0.4 is 4.90 Å². The quantitative estimate of drug-likeness (QED) is 0.394. The van der Waals surface area contributed by atoms with E-state index in [-0.39, 0.29) is 10.7 Å². The summed E-state index contributed by atoms with van der Waals surface area (Å²) in [6.45, 7) is 4.00. The van der Waals surface area contributed by atoms with Crippen molar-refractivity contribution in [2.24, 2.45) is 0 Å². The van der Waals surface area contributed by atoms with E-state index in [1.165, 1.54) is 16.3 Å². The number of benzene rings is 2. The molecular weight excluding hydrogens is 366 g/mol. The Bertz CT molecular complexity index is 1190. The van der Waals surface area contributed by atoms with Gasteiger partial charge >= 0.3 is 5.82 Å². The third kappa shape index (κ3) is 3.19. The molecule has 0 unspecified atom stereocenters. The highest BCUT2D eigenvalue weighted by Gasteiger charge is 2.29. The number of piperazine rings is 1. The topological polar surface area (TPSA) is 66.9 Å². The van der Waals surface area contributed by atoms with E-state index in [0.29, 0.717) is 11.5 Å². The highest BCUT2D eigenvalue weighted by molar-refractivity contribution is 5.85. The van der Waals surface area contributed by atoms with Crippen molar-refractivity contribution in [1.82, 2.24) is 14.3 Å². The van der Waals surface area contributed by atoms with E-state index in [2.05, 4.69) is 52.3 Å². The Hall–Kier alpha value is -3.45. The summed E-state index contributed by atoms with van der Waals surface area (Å²) in [5, 5.41) is 14.2. The number of fused-ring (bicyclic) bond motifs is 2. The molecule has 7 nitrogen and oxygen atoms in total. The summed E-state index contributed by atoms with van der Waals surface area (Å²) in [4.78, 5) is 20.3. The van der Waals surface area contributed by atoms with Gasteiger partial charge in [0, 0.05) is 38.8 Å². The molecule has 1 aliphatic heterocycles. The summed E-state index contributed by atoms with van der Waals surface area (Å²) in [6, 6.07) is 20.3. The molecule has 1 fully saturated rings. The number of pyridine rings is 1. The second-order valence-electron chi connectivity index (χ2n) is 7.35. The van der Waals surface area contributed by atoms with Gasteiger partial charge < -0.3 is 15.0 Å². The minimum absolute atomic E-state index is 0.0445. The highest BCUT2D eigenvalue weighted by Crippen LogP contribution is 2.30. The summed E-state index contributed by atoms with van der Waals surface area (Å²) >= 11 is 0. The fourth-order valence-corrected chi connectivity index (χ4v) is 4.14. The van der Waals surface area contributed by atoms with E-state index in [1.54, 1.807) is 22.7 Å². The van der Waals surface area contributed by atoms with Gasteiger partial charge in [-0.3, -0.25) is 4.90 Å². The summed E-state index contributed by atoms with van der Waals surface area (Å²) in [6.07, 6.45) is 1.70. The summed E-state index contributed by atoms with van der Waals surface area (Å²) < 4.78 is 1.55. The number of nitro groups is 1. The van der Waals surface area contributed by atoms with Crippen LogP contribution in [0.25, 0.3) is 16.4 Å². The van der Waals surface area contributed by atoms with E-state index < -0.39 is 0 Å². The van der Waals surface area contributed by atoms with Gasteiger partial charge in [0.2, 0.25) is 11.5 Å². The van der Waals surface area contributed by atoms with Gasteiger partial charge in [-0.05, 0) is 27.3 Å². The molecule has 0 saturated carbocycles. The molecule has 1 saturated heterocycles. The van der Waals surface area contributed by atoms with Crippen molar-refractivity contribution in [2.45, 2.75) is 6.54 Å². The average molecular weight is 387 g/mol. The number of rotatable bonds is 4. The summed E-state index contributed by atoms with van der Waals surface area (Å²) in [5.74, 6) is 0.508. The van der Waals surface area contributed by atoms with Gasteiger partial charge in [-0.1, -0.05) is 48.5 Å². The van der Waals surface area contributed by atoms with Crippen LogP contribution in [0.1, 0.15) is 5.56 Å². The molecule has 5 rings (SSSR count). The van der Waals surface area contributed by atoms with E-state index in [0.717, 1.165) is 32.7 Å². The molecule has 29 heavy (non-hydrogen) atoms. The number of anilines is 1. The van der Waals surface area contributed by atoms with Crippen LogP contribution in [0.2, 0.25) is 0 Å². The summed E-state index contributed by atoms with van der Waals surface area (Å²) in [7, 11) is 0. The molecule has 0 radical (unpaired) electrons. The second kappa shape index (κ2) is 7.18. The number of nitrogens with zero attached hydrogens (tertiary/aromatic N) is 5. The molecule has 3 heterocycles. The largest absolute Gasteiger partial charge is 0.372 e. The number of aromatic nitrogens is 2. The lowest BCUT2D eigenvalue weighted by Gasteiger charge is -2.34. The Balaban J connectivity index is 1.35. The Morgan fingerprint density at radius 1 is 0.931 bits per heavy atom. The lowest BCUT2D eigenvalue weighted by Crippen LogP contribution is -2.46. The van der Waals surface area contributed by atoms with E-state index in [4.69, 9.17) is 0 Å². The van der Waals surface area contributed by atoms with Crippen LogP contribution in [0.15, 0.2) is 66.9 Å². The van der Waals surface area contributed by atoms with Crippen molar-refractivity contribution in [1.29, 1.82) is 0 Å².